The number of amides is 1. The molecule has 0 aliphatic carbocycles. The molecular weight excluding hydrogens is 511 g/mol. The second kappa shape index (κ2) is 16.6. The second-order valence-corrected chi connectivity index (χ2v) is 9.24. The van der Waals surface area contributed by atoms with E-state index in [-0.39, 0.29) is 12.0 Å². The number of alkyl halides is 1. The highest BCUT2D eigenvalue weighted by atomic mass is 127. The zero-order chi connectivity index (χ0) is 23.7. The molecule has 0 atom stereocenters. The molecule has 174 valence electrons. The number of likely N-dealkylation sites (N-methyl/N-ethyl adjacent to an activating group) is 1. The summed E-state index contributed by atoms with van der Waals surface area (Å²) in [5.41, 5.74) is 2.09. The summed E-state index contributed by atoms with van der Waals surface area (Å²) in [6.45, 7) is 12.0. The molecule has 1 aromatic rings. The van der Waals surface area contributed by atoms with E-state index in [1.165, 1.54) is 0 Å². The number of alkyl carbamates (subject to hydrolysis) is 1. The molecule has 1 aromatic carbocycles. The van der Waals surface area contributed by atoms with Crippen LogP contribution in [-0.2, 0) is 11.3 Å². The number of ether oxygens (including phenoxy) is 1. The summed E-state index contributed by atoms with van der Waals surface area (Å²) in [6, 6.07) is 9.68. The maximum Gasteiger partial charge on any atom is 0.407 e. The average Bonchev–Trinajstić information content (AvgIpc) is 2.77. The van der Waals surface area contributed by atoms with Crippen molar-refractivity contribution in [2.24, 2.45) is 5.41 Å². The van der Waals surface area contributed by atoms with Gasteiger partial charge >= 0.3 is 6.09 Å². The van der Waals surface area contributed by atoms with Crippen LogP contribution < -0.4 is 5.32 Å². The summed E-state index contributed by atoms with van der Waals surface area (Å²) in [4.78, 5) is 14.4. The monoisotopic (exact) mass is 548 g/mol. The second-order valence-electron chi connectivity index (χ2n) is 8.35. The summed E-state index contributed by atoms with van der Waals surface area (Å²) in [5, 5.41) is 2.85. The van der Waals surface area contributed by atoms with E-state index >= 15 is 0 Å². The first-order valence-corrected chi connectivity index (χ1v) is 12.6. The van der Waals surface area contributed by atoms with Crippen LogP contribution in [0.1, 0.15) is 39.7 Å². The Labute approximate surface area is 208 Å². The summed E-state index contributed by atoms with van der Waals surface area (Å²) < 4.78 is 6.22. The topological polar surface area (TPSA) is 41.6 Å². The maximum atomic E-state index is 12.0. The molecule has 0 radical (unpaired) electrons. The standard InChI is InChI=1S/C27H37IN2O2/c1-5-30(20-11-7-10-18-27(2,3)4)21-13-17-24(16-12-19-28)22-29-26(31)32-23-25-14-8-6-9-15-25/h6-9,11-12,14-17H,5,13,19-23H2,1-4H3,(H,29,31)/b11-7+,16-12-,24-17+. The number of halogens is 1. The molecule has 1 rings (SSSR count). The molecule has 0 saturated carbocycles. The highest BCUT2D eigenvalue weighted by Gasteiger charge is 2.04. The van der Waals surface area contributed by atoms with Gasteiger partial charge in [0, 0.05) is 29.5 Å². The Balaban J connectivity index is 2.48. The van der Waals surface area contributed by atoms with Crippen LogP contribution in [0.2, 0.25) is 0 Å². The Bertz CT molecular complexity index is 812. The van der Waals surface area contributed by atoms with E-state index in [1.807, 2.05) is 36.4 Å². The van der Waals surface area contributed by atoms with Crippen molar-refractivity contribution in [2.75, 3.05) is 30.6 Å². The van der Waals surface area contributed by atoms with Crippen molar-refractivity contribution < 1.29 is 9.53 Å². The van der Waals surface area contributed by atoms with Crippen molar-refractivity contribution in [1.82, 2.24) is 10.2 Å². The normalized spacial score (nSPS) is 12.2. The van der Waals surface area contributed by atoms with Crippen molar-refractivity contribution in [3.8, 4) is 11.8 Å². The fourth-order valence-electron chi connectivity index (χ4n) is 2.67. The lowest BCUT2D eigenvalue weighted by atomic mass is 9.98. The summed E-state index contributed by atoms with van der Waals surface area (Å²) in [6.07, 6.45) is 10.9. The van der Waals surface area contributed by atoms with Gasteiger partial charge in [0.2, 0.25) is 0 Å². The number of hydrogen-bond donors (Lipinski definition) is 1. The Kier molecular flexibility index (Phi) is 14.5. The van der Waals surface area contributed by atoms with Crippen molar-refractivity contribution in [3.05, 3.63) is 71.8 Å². The highest BCUT2D eigenvalue weighted by molar-refractivity contribution is 14.1. The van der Waals surface area contributed by atoms with Gasteiger partial charge in [0.25, 0.3) is 0 Å². The fourth-order valence-corrected chi connectivity index (χ4v) is 2.93. The van der Waals surface area contributed by atoms with Gasteiger partial charge in [-0.15, -0.1) is 0 Å². The third kappa shape index (κ3) is 14.9. The molecule has 0 saturated heterocycles. The van der Waals surface area contributed by atoms with Crippen LogP contribution in [0.5, 0.6) is 0 Å². The summed E-state index contributed by atoms with van der Waals surface area (Å²) >= 11 is 2.31. The van der Waals surface area contributed by atoms with E-state index in [0.29, 0.717) is 6.54 Å². The van der Waals surface area contributed by atoms with Crippen LogP contribution >= 0.6 is 22.6 Å². The number of carbonyl (C=O) groups is 1. The van der Waals surface area contributed by atoms with Gasteiger partial charge in [-0.1, -0.05) is 96.0 Å². The van der Waals surface area contributed by atoms with E-state index in [0.717, 1.165) is 41.6 Å². The first-order chi connectivity index (χ1) is 15.3. The van der Waals surface area contributed by atoms with E-state index in [4.69, 9.17) is 4.74 Å². The van der Waals surface area contributed by atoms with Gasteiger partial charge in [0.1, 0.15) is 6.61 Å². The first-order valence-electron chi connectivity index (χ1n) is 11.1. The number of nitrogens with zero attached hydrogens (tertiary/aromatic N) is 1. The van der Waals surface area contributed by atoms with Crippen molar-refractivity contribution in [3.63, 3.8) is 0 Å². The van der Waals surface area contributed by atoms with Crippen LogP contribution in [0, 0.1) is 17.3 Å². The molecule has 1 N–H and O–H groups in total. The molecular formula is C27H37IN2O2. The van der Waals surface area contributed by atoms with Gasteiger partial charge in [-0.25, -0.2) is 4.79 Å². The number of carbonyl (C=O) groups excluding carboxylic acids is 1. The smallest absolute Gasteiger partial charge is 0.407 e. The SMILES string of the molecule is CCN(C/C=C/C#CC(C)(C)C)CC/C=C(\C=C/CI)CNC(=O)OCc1ccccc1. The number of nitrogens with one attached hydrogen (secondary N) is 1. The number of allylic oxidation sites excluding steroid dienone is 2. The minimum atomic E-state index is -0.403. The third-order valence-electron chi connectivity index (χ3n) is 4.38. The maximum absolute atomic E-state index is 12.0. The quantitative estimate of drug-likeness (QED) is 0.148. The summed E-state index contributed by atoms with van der Waals surface area (Å²) in [5.74, 6) is 6.33. The molecule has 5 heteroatoms. The van der Waals surface area contributed by atoms with Gasteiger partial charge in [-0.05, 0) is 50.9 Å². The predicted octanol–water partition coefficient (Wildman–Crippen LogP) is 6.15. The largest absolute Gasteiger partial charge is 0.445 e. The van der Waals surface area contributed by atoms with Crippen molar-refractivity contribution >= 4 is 28.7 Å². The first kappa shape index (κ1) is 28.0. The Morgan fingerprint density at radius 3 is 2.62 bits per heavy atom. The van der Waals surface area contributed by atoms with Crippen LogP contribution in [0.3, 0.4) is 0 Å². The molecule has 0 unspecified atom stereocenters. The number of rotatable bonds is 12. The van der Waals surface area contributed by atoms with E-state index in [1.54, 1.807) is 0 Å². The lowest BCUT2D eigenvalue weighted by Gasteiger charge is -2.17. The number of benzene rings is 1. The molecule has 0 fully saturated rings. The highest BCUT2D eigenvalue weighted by Crippen LogP contribution is 2.09. The fraction of sp³-hybridized carbons (Fsp3) is 0.444. The van der Waals surface area contributed by atoms with E-state index in [2.05, 4.69) is 96.6 Å². The zero-order valence-electron chi connectivity index (χ0n) is 19.9. The number of hydrogen-bond acceptors (Lipinski definition) is 3. The molecule has 0 bridgehead atoms. The zero-order valence-corrected chi connectivity index (χ0v) is 22.0. The van der Waals surface area contributed by atoms with Crippen molar-refractivity contribution in [1.29, 1.82) is 0 Å². The van der Waals surface area contributed by atoms with E-state index < -0.39 is 6.09 Å². The Morgan fingerprint density at radius 2 is 1.97 bits per heavy atom. The van der Waals surface area contributed by atoms with Crippen molar-refractivity contribution in [2.45, 2.75) is 40.7 Å². The third-order valence-corrected chi connectivity index (χ3v) is 4.89. The molecule has 4 nitrogen and oxygen atoms in total. The summed E-state index contributed by atoms with van der Waals surface area (Å²) in [7, 11) is 0. The molecule has 0 aliphatic heterocycles. The van der Waals surface area contributed by atoms with Gasteiger partial charge in [-0.2, -0.15) is 0 Å². The Morgan fingerprint density at radius 1 is 1.22 bits per heavy atom. The van der Waals surface area contributed by atoms with Gasteiger partial charge in [0.05, 0.1) is 0 Å². The lowest BCUT2D eigenvalue weighted by Crippen LogP contribution is -2.26. The molecule has 1 amide bonds. The van der Waals surface area contributed by atoms with Gasteiger partial charge < -0.3 is 10.1 Å². The van der Waals surface area contributed by atoms with Crippen LogP contribution in [0.15, 0.2) is 66.3 Å². The predicted molar refractivity (Wildman–Crippen MR) is 144 cm³/mol. The molecule has 0 spiro atoms. The molecule has 0 heterocycles. The van der Waals surface area contributed by atoms with Crippen LogP contribution in [0.4, 0.5) is 4.79 Å². The molecule has 32 heavy (non-hydrogen) atoms. The molecule has 0 aliphatic rings. The minimum Gasteiger partial charge on any atom is -0.445 e. The lowest BCUT2D eigenvalue weighted by molar-refractivity contribution is 0.140. The van der Waals surface area contributed by atoms with Gasteiger partial charge in [-0.3, -0.25) is 4.90 Å². The average molecular weight is 549 g/mol. The van der Waals surface area contributed by atoms with Crippen LogP contribution in [-0.4, -0.2) is 41.6 Å². The Hall–Kier alpha value is -2.04. The van der Waals surface area contributed by atoms with E-state index in [9.17, 15) is 4.79 Å². The molecule has 0 aromatic heterocycles. The van der Waals surface area contributed by atoms with Gasteiger partial charge in [0.15, 0.2) is 0 Å². The van der Waals surface area contributed by atoms with Crippen LogP contribution in [0.25, 0.3) is 0 Å². The minimum absolute atomic E-state index is 0.0312.